The Morgan fingerprint density at radius 3 is 2.52 bits per heavy atom. The highest BCUT2D eigenvalue weighted by Gasteiger charge is 2.22. The number of aromatic nitrogens is 2. The van der Waals surface area contributed by atoms with Gasteiger partial charge in [0.2, 0.25) is 5.95 Å². The molecule has 0 spiro atoms. The summed E-state index contributed by atoms with van der Waals surface area (Å²) in [5.74, 6) is 1.19. The number of halogens is 2. The van der Waals surface area contributed by atoms with Crippen LogP contribution in [0.2, 0.25) is 0 Å². The first-order valence-electron chi connectivity index (χ1n) is 8.60. The molecule has 0 radical (unpaired) electrons. The summed E-state index contributed by atoms with van der Waals surface area (Å²) in [4.78, 5) is 4.42. The second-order valence-corrected chi connectivity index (χ2v) is 6.35. The fourth-order valence-corrected chi connectivity index (χ4v) is 3.36. The molecule has 1 heterocycles. The number of anilines is 1. The molecule has 1 aliphatic rings. The highest BCUT2D eigenvalue weighted by molar-refractivity contribution is 6.08. The van der Waals surface area contributed by atoms with Crippen molar-refractivity contribution in [3.8, 4) is 17.0 Å². The van der Waals surface area contributed by atoms with Gasteiger partial charge in [-0.2, -0.15) is 5.10 Å². The second-order valence-electron chi connectivity index (χ2n) is 6.35. The van der Waals surface area contributed by atoms with E-state index in [-0.39, 0.29) is 30.6 Å². The summed E-state index contributed by atoms with van der Waals surface area (Å²) < 4.78 is 6.79. The van der Waals surface area contributed by atoms with E-state index < -0.39 is 0 Å². The number of imidazole rings is 1. The van der Waals surface area contributed by atoms with Crippen molar-refractivity contribution in [3.05, 3.63) is 65.4 Å². The van der Waals surface area contributed by atoms with Gasteiger partial charge in [0.05, 0.1) is 24.7 Å². The molecule has 7 nitrogen and oxygen atoms in total. The third-order valence-corrected chi connectivity index (χ3v) is 4.72. The molecule has 0 bridgehead atoms. The topological polar surface area (TPSA) is 115 Å². The van der Waals surface area contributed by atoms with Gasteiger partial charge in [0.25, 0.3) is 0 Å². The lowest BCUT2D eigenvalue weighted by Gasteiger charge is -2.06. The third kappa shape index (κ3) is 4.21. The summed E-state index contributed by atoms with van der Waals surface area (Å²) in [7, 11) is 1.63. The van der Waals surface area contributed by atoms with E-state index in [9.17, 15) is 0 Å². The van der Waals surface area contributed by atoms with E-state index in [1.807, 2.05) is 48.7 Å². The minimum Gasteiger partial charge on any atom is -0.497 e. The summed E-state index contributed by atoms with van der Waals surface area (Å²) in [6.07, 6.45) is 3.40. The van der Waals surface area contributed by atoms with Crippen LogP contribution < -0.4 is 16.2 Å². The van der Waals surface area contributed by atoms with Gasteiger partial charge in [0.1, 0.15) is 11.6 Å². The van der Waals surface area contributed by atoms with Gasteiger partial charge in [-0.15, -0.1) is 24.8 Å². The van der Waals surface area contributed by atoms with Crippen LogP contribution in [-0.2, 0) is 6.42 Å². The highest BCUT2D eigenvalue weighted by Crippen LogP contribution is 2.27. The number of fused-ring (bicyclic) bond motifs is 1. The Hall–Kier alpha value is -3.03. The molecular formula is C20H22Cl2N6O. The molecule has 0 saturated carbocycles. The molecule has 152 valence electrons. The van der Waals surface area contributed by atoms with Gasteiger partial charge >= 0.3 is 0 Å². The number of benzene rings is 2. The quantitative estimate of drug-likeness (QED) is 0.432. The van der Waals surface area contributed by atoms with Crippen LogP contribution in [0.4, 0.5) is 5.95 Å². The molecule has 0 saturated heterocycles. The predicted molar refractivity (Wildman–Crippen MR) is 121 cm³/mol. The Labute approximate surface area is 181 Å². The average molecular weight is 433 g/mol. The van der Waals surface area contributed by atoms with Crippen molar-refractivity contribution in [1.82, 2.24) is 9.66 Å². The Kier molecular flexibility index (Phi) is 6.89. The fourth-order valence-electron chi connectivity index (χ4n) is 3.36. The summed E-state index contributed by atoms with van der Waals surface area (Å²) in [6, 6.07) is 13.4. The van der Waals surface area contributed by atoms with E-state index in [2.05, 4.69) is 10.1 Å². The lowest BCUT2D eigenvalue weighted by Crippen LogP contribution is -2.13. The van der Waals surface area contributed by atoms with Crippen molar-refractivity contribution in [2.45, 2.75) is 12.8 Å². The number of nitrogen functional groups attached to an aromatic ring is 2. The smallest absolute Gasteiger partial charge is 0.221 e. The zero-order chi connectivity index (χ0) is 19.0. The minimum absolute atomic E-state index is 0. The first-order chi connectivity index (χ1) is 13.1. The summed E-state index contributed by atoms with van der Waals surface area (Å²) in [5.41, 5.74) is 17.2. The van der Waals surface area contributed by atoms with E-state index >= 15 is 0 Å². The molecule has 0 amide bonds. The number of nitrogens with zero attached hydrogens (tertiary/aromatic N) is 3. The maximum Gasteiger partial charge on any atom is 0.221 e. The molecule has 1 aliphatic carbocycles. The molecule has 0 fully saturated rings. The number of nitrogens with two attached hydrogens (primary N) is 2. The molecule has 5 N–H and O–H groups in total. The molecule has 29 heavy (non-hydrogen) atoms. The Balaban J connectivity index is 0.00000150. The van der Waals surface area contributed by atoms with Crippen molar-refractivity contribution < 1.29 is 4.74 Å². The highest BCUT2D eigenvalue weighted by atomic mass is 35.5. The van der Waals surface area contributed by atoms with Crippen molar-refractivity contribution in [2.75, 3.05) is 12.8 Å². The molecule has 1 aromatic heterocycles. The monoisotopic (exact) mass is 432 g/mol. The minimum atomic E-state index is 0. The number of nitrogens with one attached hydrogen (secondary N) is 1. The SMILES string of the molecule is COc1ccc(-c2cn(/N=C3\CCc4c(C(=N)N)cccc43)c(N)n2)cc1.Cl.Cl. The number of ether oxygens (including phenoxy) is 1. The van der Waals surface area contributed by atoms with E-state index in [1.54, 1.807) is 11.8 Å². The average Bonchev–Trinajstić information content (AvgIpc) is 3.26. The largest absolute Gasteiger partial charge is 0.497 e. The maximum absolute atomic E-state index is 7.75. The van der Waals surface area contributed by atoms with Crippen LogP contribution in [0.3, 0.4) is 0 Å². The molecule has 4 rings (SSSR count). The number of hydrogen-bond donors (Lipinski definition) is 3. The Morgan fingerprint density at radius 2 is 1.86 bits per heavy atom. The van der Waals surface area contributed by atoms with Gasteiger partial charge in [0.15, 0.2) is 0 Å². The van der Waals surface area contributed by atoms with E-state index in [0.29, 0.717) is 5.95 Å². The zero-order valence-corrected chi connectivity index (χ0v) is 17.4. The van der Waals surface area contributed by atoms with Crippen molar-refractivity contribution in [3.63, 3.8) is 0 Å². The molecule has 0 atom stereocenters. The standard InChI is InChI=1S/C20H20N6O.2ClH/c1-27-13-7-5-12(6-8-13)18-11-26(20(23)24-18)25-17-10-9-14-15(17)3-2-4-16(14)19(21)22;;/h2-8,11H,9-10H2,1H3,(H3,21,22)(H2,23,24);2*1H/b25-17+;;. The van der Waals surface area contributed by atoms with Crippen LogP contribution in [0.25, 0.3) is 11.3 Å². The van der Waals surface area contributed by atoms with Crippen LogP contribution in [-0.4, -0.2) is 28.3 Å². The van der Waals surface area contributed by atoms with Gasteiger partial charge in [-0.3, -0.25) is 5.41 Å². The van der Waals surface area contributed by atoms with Crippen LogP contribution in [0.15, 0.2) is 53.8 Å². The summed E-state index contributed by atoms with van der Waals surface area (Å²) >= 11 is 0. The molecule has 0 aliphatic heterocycles. The molecule has 9 heteroatoms. The van der Waals surface area contributed by atoms with Crippen LogP contribution in [0.5, 0.6) is 5.75 Å². The first-order valence-corrected chi connectivity index (χ1v) is 8.60. The fraction of sp³-hybridized carbons (Fsp3) is 0.150. The van der Waals surface area contributed by atoms with E-state index in [4.69, 9.17) is 21.6 Å². The maximum atomic E-state index is 7.75. The van der Waals surface area contributed by atoms with Crippen molar-refractivity contribution in [2.24, 2.45) is 10.8 Å². The van der Waals surface area contributed by atoms with Crippen LogP contribution in [0, 0.1) is 5.41 Å². The number of rotatable bonds is 4. The summed E-state index contributed by atoms with van der Waals surface area (Å²) in [5, 5.41) is 12.4. The van der Waals surface area contributed by atoms with Crippen molar-refractivity contribution >= 4 is 42.3 Å². The Morgan fingerprint density at radius 1 is 1.14 bits per heavy atom. The molecule has 0 unspecified atom stereocenters. The lowest BCUT2D eigenvalue weighted by molar-refractivity contribution is 0.415. The Bertz CT molecular complexity index is 1060. The third-order valence-electron chi connectivity index (χ3n) is 4.72. The predicted octanol–water partition coefficient (Wildman–Crippen LogP) is 3.47. The molecule has 3 aromatic rings. The first kappa shape index (κ1) is 22.3. The van der Waals surface area contributed by atoms with Gasteiger partial charge in [-0.25, -0.2) is 9.66 Å². The summed E-state index contributed by atoms with van der Waals surface area (Å²) in [6.45, 7) is 0. The lowest BCUT2D eigenvalue weighted by atomic mass is 10.0. The van der Waals surface area contributed by atoms with E-state index in [0.717, 1.165) is 52.3 Å². The van der Waals surface area contributed by atoms with Gasteiger partial charge in [-0.05, 0) is 42.7 Å². The van der Waals surface area contributed by atoms with Crippen LogP contribution >= 0.6 is 24.8 Å². The van der Waals surface area contributed by atoms with Gasteiger partial charge in [0, 0.05) is 16.7 Å². The van der Waals surface area contributed by atoms with Crippen molar-refractivity contribution in [1.29, 1.82) is 5.41 Å². The normalized spacial score (nSPS) is 13.3. The van der Waals surface area contributed by atoms with Crippen LogP contribution in [0.1, 0.15) is 23.1 Å². The second kappa shape index (κ2) is 8.98. The number of methoxy groups -OCH3 is 1. The molecular weight excluding hydrogens is 411 g/mol. The van der Waals surface area contributed by atoms with Gasteiger partial charge in [-0.1, -0.05) is 18.2 Å². The zero-order valence-electron chi connectivity index (χ0n) is 15.8. The number of hydrogen-bond acceptors (Lipinski definition) is 5. The molecule has 2 aromatic carbocycles. The number of amidine groups is 1. The van der Waals surface area contributed by atoms with E-state index in [1.165, 1.54) is 0 Å². The van der Waals surface area contributed by atoms with Gasteiger partial charge < -0.3 is 16.2 Å².